The van der Waals surface area contributed by atoms with Gasteiger partial charge in [0.15, 0.2) is 5.82 Å². The fraction of sp³-hybridized carbons (Fsp3) is 0.353. The van der Waals surface area contributed by atoms with Gasteiger partial charge >= 0.3 is 0 Å². The van der Waals surface area contributed by atoms with E-state index in [-0.39, 0.29) is 6.04 Å². The maximum absolute atomic E-state index is 9.25. The van der Waals surface area contributed by atoms with Crippen molar-refractivity contribution in [1.29, 1.82) is 5.26 Å². The topological polar surface area (TPSA) is 99.6 Å². The quantitative estimate of drug-likeness (QED) is 0.631. The van der Waals surface area contributed by atoms with Crippen molar-refractivity contribution in [3.05, 3.63) is 40.0 Å². The molecule has 0 aliphatic heterocycles. The van der Waals surface area contributed by atoms with Crippen LogP contribution in [0.4, 0.5) is 17.5 Å². The third-order valence-electron chi connectivity index (χ3n) is 3.49. The fourth-order valence-corrected chi connectivity index (χ4v) is 2.72. The minimum Gasteiger partial charge on any atom is -0.353 e. The number of nitrogens with zero attached hydrogens (tertiary/aromatic N) is 3. The van der Waals surface area contributed by atoms with E-state index in [0.717, 1.165) is 19.3 Å². The molecule has 6 nitrogen and oxygen atoms in total. The second-order valence-corrected chi connectivity index (χ2v) is 6.51. The van der Waals surface area contributed by atoms with Crippen molar-refractivity contribution in [2.24, 2.45) is 5.73 Å². The minimum absolute atomic E-state index is 0.0299. The van der Waals surface area contributed by atoms with Crippen molar-refractivity contribution in [3.63, 3.8) is 0 Å². The van der Waals surface area contributed by atoms with Crippen LogP contribution in [-0.2, 0) is 0 Å². The van der Waals surface area contributed by atoms with Crippen molar-refractivity contribution in [2.45, 2.75) is 32.2 Å². The number of benzene rings is 1. The van der Waals surface area contributed by atoms with E-state index in [4.69, 9.17) is 28.9 Å². The molecule has 2 rings (SSSR count). The molecule has 1 aromatic carbocycles. The van der Waals surface area contributed by atoms with Crippen molar-refractivity contribution >= 4 is 40.7 Å². The van der Waals surface area contributed by atoms with Crippen LogP contribution in [0.2, 0.25) is 10.0 Å². The Bertz CT molecular complexity index is 739. The highest BCUT2D eigenvalue weighted by molar-refractivity contribution is 6.35. The molecule has 0 amide bonds. The van der Waals surface area contributed by atoms with Crippen LogP contribution in [0.5, 0.6) is 0 Å². The predicted molar refractivity (Wildman–Crippen MR) is 102 cm³/mol. The molecule has 0 aliphatic carbocycles. The largest absolute Gasteiger partial charge is 0.353 e. The second kappa shape index (κ2) is 9.42. The van der Waals surface area contributed by atoms with Gasteiger partial charge in [0.1, 0.15) is 11.6 Å². The van der Waals surface area contributed by atoms with Crippen LogP contribution in [0.25, 0.3) is 0 Å². The van der Waals surface area contributed by atoms with Crippen LogP contribution in [0.3, 0.4) is 0 Å². The molecule has 1 unspecified atom stereocenters. The van der Waals surface area contributed by atoms with E-state index in [1.54, 1.807) is 18.2 Å². The van der Waals surface area contributed by atoms with Gasteiger partial charge in [-0.25, -0.2) is 4.98 Å². The maximum Gasteiger partial charge on any atom is 0.224 e. The molecular weight excluding hydrogens is 359 g/mol. The van der Waals surface area contributed by atoms with E-state index in [1.807, 2.05) is 0 Å². The number of unbranched alkanes of at least 4 members (excludes halogenated alkanes) is 1. The lowest BCUT2D eigenvalue weighted by atomic mass is 10.1. The highest BCUT2D eigenvalue weighted by Crippen LogP contribution is 2.26. The molecule has 0 saturated heterocycles. The SMILES string of the molecule is CCCCC(N)CNc1ncc(C#N)c(Nc2cc(Cl)cc(Cl)c2)n1. The van der Waals surface area contributed by atoms with Crippen molar-refractivity contribution in [1.82, 2.24) is 9.97 Å². The Morgan fingerprint density at radius 1 is 1.28 bits per heavy atom. The van der Waals surface area contributed by atoms with Gasteiger partial charge in [0.2, 0.25) is 5.95 Å². The summed E-state index contributed by atoms with van der Waals surface area (Å²) in [6.07, 6.45) is 4.59. The molecule has 0 spiro atoms. The van der Waals surface area contributed by atoms with Gasteiger partial charge in [-0.1, -0.05) is 43.0 Å². The van der Waals surface area contributed by atoms with Crippen LogP contribution in [0.1, 0.15) is 31.7 Å². The second-order valence-electron chi connectivity index (χ2n) is 5.63. The normalized spacial score (nSPS) is 11.6. The van der Waals surface area contributed by atoms with Crippen LogP contribution in [0.15, 0.2) is 24.4 Å². The van der Waals surface area contributed by atoms with Gasteiger partial charge in [0, 0.05) is 28.3 Å². The first-order valence-corrected chi connectivity index (χ1v) is 8.77. The summed E-state index contributed by atoms with van der Waals surface area (Å²) in [5.74, 6) is 0.780. The van der Waals surface area contributed by atoms with E-state index in [1.165, 1.54) is 6.20 Å². The summed E-state index contributed by atoms with van der Waals surface area (Å²) in [6.45, 7) is 2.69. The Kier molecular flexibility index (Phi) is 7.26. The summed E-state index contributed by atoms with van der Waals surface area (Å²) < 4.78 is 0. The molecule has 8 heteroatoms. The number of hydrogen-bond donors (Lipinski definition) is 3. The summed E-state index contributed by atoms with van der Waals surface area (Å²) in [5.41, 5.74) is 7.00. The lowest BCUT2D eigenvalue weighted by Crippen LogP contribution is -2.29. The number of nitrogens with two attached hydrogens (primary N) is 1. The molecule has 132 valence electrons. The number of aromatic nitrogens is 2. The zero-order valence-corrected chi connectivity index (χ0v) is 15.4. The predicted octanol–water partition coefficient (Wildman–Crippen LogP) is 4.33. The van der Waals surface area contributed by atoms with Crippen molar-refractivity contribution in [3.8, 4) is 6.07 Å². The monoisotopic (exact) mass is 378 g/mol. The molecule has 1 atom stereocenters. The number of rotatable bonds is 8. The Morgan fingerprint density at radius 2 is 2.00 bits per heavy atom. The molecule has 0 aliphatic rings. The molecule has 0 radical (unpaired) electrons. The summed E-state index contributed by atoms with van der Waals surface area (Å²) in [6, 6.07) is 7.12. The molecule has 4 N–H and O–H groups in total. The molecule has 25 heavy (non-hydrogen) atoms. The fourth-order valence-electron chi connectivity index (χ4n) is 2.20. The van der Waals surface area contributed by atoms with Crippen molar-refractivity contribution in [2.75, 3.05) is 17.2 Å². The standard InChI is InChI=1S/C17H20Cl2N6/c1-2-3-4-14(21)10-23-17-22-9-11(8-20)16(25-17)24-15-6-12(18)5-13(19)7-15/h5-7,9,14H,2-4,10,21H2,1H3,(H2,22,23,24,25). The maximum atomic E-state index is 9.25. The zero-order chi connectivity index (χ0) is 18.2. The van der Waals surface area contributed by atoms with Gasteiger partial charge in [-0.2, -0.15) is 10.2 Å². The van der Waals surface area contributed by atoms with Gasteiger partial charge in [0.05, 0.1) is 6.20 Å². The van der Waals surface area contributed by atoms with Gasteiger partial charge in [-0.15, -0.1) is 0 Å². The number of halogens is 2. The molecule has 0 fully saturated rings. The number of hydrogen-bond acceptors (Lipinski definition) is 6. The molecule has 0 saturated carbocycles. The smallest absolute Gasteiger partial charge is 0.224 e. The van der Waals surface area contributed by atoms with E-state index in [9.17, 15) is 5.26 Å². The molecule has 1 aromatic heterocycles. The Morgan fingerprint density at radius 3 is 2.64 bits per heavy atom. The van der Waals surface area contributed by atoms with E-state index >= 15 is 0 Å². The molecule has 0 bridgehead atoms. The summed E-state index contributed by atoms with van der Waals surface area (Å²) in [5, 5.41) is 16.4. The third-order valence-corrected chi connectivity index (χ3v) is 3.92. The summed E-state index contributed by atoms with van der Waals surface area (Å²) >= 11 is 12.0. The first-order chi connectivity index (χ1) is 12.0. The van der Waals surface area contributed by atoms with Gasteiger partial charge < -0.3 is 16.4 Å². The van der Waals surface area contributed by atoms with Gasteiger partial charge in [-0.3, -0.25) is 0 Å². The average molecular weight is 379 g/mol. The lowest BCUT2D eigenvalue weighted by Gasteiger charge is -2.13. The first kappa shape index (κ1) is 19.3. The van der Waals surface area contributed by atoms with Crippen LogP contribution >= 0.6 is 23.2 Å². The summed E-state index contributed by atoms with van der Waals surface area (Å²) in [4.78, 5) is 8.50. The van der Waals surface area contributed by atoms with Crippen LogP contribution in [-0.4, -0.2) is 22.6 Å². The van der Waals surface area contributed by atoms with Crippen molar-refractivity contribution < 1.29 is 0 Å². The number of nitrogens with one attached hydrogen (secondary N) is 2. The minimum atomic E-state index is 0.0299. The molecular formula is C17H20Cl2N6. The van der Waals surface area contributed by atoms with E-state index in [2.05, 4.69) is 33.6 Å². The highest BCUT2D eigenvalue weighted by Gasteiger charge is 2.10. The lowest BCUT2D eigenvalue weighted by molar-refractivity contribution is 0.594. The molecule has 2 aromatic rings. The zero-order valence-electron chi connectivity index (χ0n) is 13.9. The van der Waals surface area contributed by atoms with E-state index < -0.39 is 0 Å². The van der Waals surface area contributed by atoms with Gasteiger partial charge in [-0.05, 0) is 24.6 Å². The molecule has 1 heterocycles. The Balaban J connectivity index is 2.12. The Labute approximate surface area is 157 Å². The van der Waals surface area contributed by atoms with Crippen LogP contribution < -0.4 is 16.4 Å². The Hall–Kier alpha value is -2.07. The average Bonchev–Trinajstić information content (AvgIpc) is 2.57. The first-order valence-electron chi connectivity index (χ1n) is 8.01. The third kappa shape index (κ3) is 6.05. The van der Waals surface area contributed by atoms with Gasteiger partial charge in [0.25, 0.3) is 0 Å². The van der Waals surface area contributed by atoms with Crippen LogP contribution in [0, 0.1) is 11.3 Å². The summed E-state index contributed by atoms with van der Waals surface area (Å²) in [7, 11) is 0. The number of nitriles is 1. The van der Waals surface area contributed by atoms with E-state index in [0.29, 0.717) is 39.6 Å². The number of anilines is 3. The highest BCUT2D eigenvalue weighted by atomic mass is 35.5.